The predicted molar refractivity (Wildman–Crippen MR) is 168 cm³/mol. The van der Waals surface area contributed by atoms with E-state index in [9.17, 15) is 27.2 Å². The van der Waals surface area contributed by atoms with Gasteiger partial charge in [0.25, 0.3) is 0 Å². The van der Waals surface area contributed by atoms with Crippen molar-refractivity contribution in [3.8, 4) is 22.8 Å². The molecule has 4 aromatic rings. The fourth-order valence-corrected chi connectivity index (χ4v) is 5.72. The number of amidine groups is 1. The normalized spacial score (nSPS) is 15.8. The van der Waals surface area contributed by atoms with Gasteiger partial charge in [0.1, 0.15) is 17.9 Å². The van der Waals surface area contributed by atoms with Crippen LogP contribution in [0.15, 0.2) is 78.0 Å². The van der Waals surface area contributed by atoms with Gasteiger partial charge in [0, 0.05) is 17.5 Å². The third kappa shape index (κ3) is 7.56. The molecule has 240 valence electrons. The standard InChI is InChI=1S/C32H30F4N6O3S/c1-18(2)26-15-23(33)9-14-27(26)42-28(43)16-46-31(42)39-30(44)38-20(4)19(3)21-5-7-22(8-6-21)29-37-17-41(40-29)24-10-12-25(13-11-24)45-32(34,35)36/h5-15,17-20H,16H2,1-4H3,(H,38,44)/b39-31-. The van der Waals surface area contributed by atoms with E-state index in [0.717, 1.165) is 22.9 Å². The van der Waals surface area contributed by atoms with Crippen LogP contribution in [-0.2, 0) is 4.79 Å². The van der Waals surface area contributed by atoms with Crippen LogP contribution in [0.1, 0.15) is 50.7 Å². The van der Waals surface area contributed by atoms with E-state index in [1.54, 1.807) is 0 Å². The first-order valence-corrected chi connectivity index (χ1v) is 15.3. The van der Waals surface area contributed by atoms with Crippen molar-refractivity contribution in [1.29, 1.82) is 0 Å². The number of urea groups is 1. The lowest BCUT2D eigenvalue weighted by molar-refractivity contribution is -0.274. The quantitative estimate of drug-likeness (QED) is 0.198. The summed E-state index contributed by atoms with van der Waals surface area (Å²) in [6, 6.07) is 16.0. The van der Waals surface area contributed by atoms with Crippen LogP contribution < -0.4 is 15.0 Å². The van der Waals surface area contributed by atoms with Crippen LogP contribution in [0.3, 0.4) is 0 Å². The van der Waals surface area contributed by atoms with Gasteiger partial charge in [-0.2, -0.15) is 4.99 Å². The highest BCUT2D eigenvalue weighted by Gasteiger charge is 2.33. The number of halogens is 4. The van der Waals surface area contributed by atoms with E-state index in [1.807, 2.05) is 52.0 Å². The lowest BCUT2D eigenvalue weighted by Gasteiger charge is -2.23. The van der Waals surface area contributed by atoms with Gasteiger partial charge < -0.3 is 10.1 Å². The van der Waals surface area contributed by atoms with Gasteiger partial charge in [0.05, 0.1) is 17.1 Å². The maximum Gasteiger partial charge on any atom is 0.573 e. The molecule has 0 radical (unpaired) electrons. The zero-order valence-corrected chi connectivity index (χ0v) is 26.1. The minimum atomic E-state index is -4.77. The van der Waals surface area contributed by atoms with E-state index in [-0.39, 0.29) is 40.5 Å². The Balaban J connectivity index is 1.23. The first-order chi connectivity index (χ1) is 21.8. The molecular weight excluding hydrogens is 624 g/mol. The lowest BCUT2D eigenvalue weighted by atomic mass is 9.93. The highest BCUT2D eigenvalue weighted by molar-refractivity contribution is 8.15. The number of ether oxygens (including phenoxy) is 1. The first-order valence-electron chi connectivity index (χ1n) is 14.3. The Kier molecular flexibility index (Phi) is 9.47. The Bertz CT molecular complexity index is 1760. The van der Waals surface area contributed by atoms with Gasteiger partial charge in [-0.25, -0.2) is 18.9 Å². The van der Waals surface area contributed by atoms with Crippen molar-refractivity contribution in [2.75, 3.05) is 10.7 Å². The van der Waals surface area contributed by atoms with E-state index >= 15 is 0 Å². The number of thioether (sulfide) groups is 1. The molecule has 9 nitrogen and oxygen atoms in total. The van der Waals surface area contributed by atoms with Crippen LogP contribution >= 0.6 is 11.8 Å². The summed E-state index contributed by atoms with van der Waals surface area (Å²) in [7, 11) is 0. The van der Waals surface area contributed by atoms with Crippen molar-refractivity contribution in [2.45, 2.75) is 51.9 Å². The molecular formula is C32H30F4N6O3S. The number of nitrogens with zero attached hydrogens (tertiary/aromatic N) is 5. The molecule has 0 spiro atoms. The number of carbonyl (C=O) groups excluding carboxylic acids is 2. The molecule has 1 aromatic heterocycles. The third-order valence-electron chi connectivity index (χ3n) is 7.44. The molecule has 1 fully saturated rings. The molecule has 1 saturated heterocycles. The number of hydrogen-bond acceptors (Lipinski definition) is 6. The summed E-state index contributed by atoms with van der Waals surface area (Å²) in [6.45, 7) is 7.61. The maximum absolute atomic E-state index is 13.9. The minimum absolute atomic E-state index is 0.0552. The molecule has 0 aliphatic carbocycles. The van der Waals surface area contributed by atoms with Crippen molar-refractivity contribution in [2.24, 2.45) is 4.99 Å². The molecule has 46 heavy (non-hydrogen) atoms. The van der Waals surface area contributed by atoms with E-state index in [2.05, 4.69) is 25.1 Å². The summed E-state index contributed by atoms with van der Waals surface area (Å²) in [4.78, 5) is 35.6. The van der Waals surface area contributed by atoms with Gasteiger partial charge in [-0.1, -0.05) is 56.8 Å². The molecule has 1 aliphatic heterocycles. The van der Waals surface area contributed by atoms with E-state index in [4.69, 9.17) is 0 Å². The average Bonchev–Trinajstić information content (AvgIpc) is 3.63. The van der Waals surface area contributed by atoms with Crippen molar-refractivity contribution in [1.82, 2.24) is 20.1 Å². The van der Waals surface area contributed by atoms with Crippen LogP contribution in [0.5, 0.6) is 5.75 Å². The second-order valence-electron chi connectivity index (χ2n) is 11.0. The number of carbonyl (C=O) groups is 2. The van der Waals surface area contributed by atoms with Gasteiger partial charge in [-0.3, -0.25) is 9.69 Å². The largest absolute Gasteiger partial charge is 0.573 e. The molecule has 0 bridgehead atoms. The van der Waals surface area contributed by atoms with E-state index in [0.29, 0.717) is 22.8 Å². The maximum atomic E-state index is 13.9. The molecule has 0 saturated carbocycles. The zero-order valence-electron chi connectivity index (χ0n) is 25.2. The summed E-state index contributed by atoms with van der Waals surface area (Å²) in [6.07, 6.45) is -3.31. The second kappa shape index (κ2) is 13.3. The first kappa shape index (κ1) is 32.7. The zero-order chi connectivity index (χ0) is 33.2. The number of rotatable bonds is 8. The minimum Gasteiger partial charge on any atom is -0.406 e. The fourth-order valence-electron chi connectivity index (χ4n) is 4.86. The van der Waals surface area contributed by atoms with E-state index in [1.165, 1.54) is 58.4 Å². The lowest BCUT2D eigenvalue weighted by Crippen LogP contribution is -2.36. The van der Waals surface area contributed by atoms with E-state index < -0.39 is 18.2 Å². The highest BCUT2D eigenvalue weighted by atomic mass is 32.2. The molecule has 2 heterocycles. The van der Waals surface area contributed by atoms with Crippen LogP contribution in [0, 0.1) is 5.82 Å². The van der Waals surface area contributed by atoms with Gasteiger partial charge in [-0.05, 0) is 66.4 Å². The number of aliphatic imine (C=N–C) groups is 1. The van der Waals surface area contributed by atoms with Gasteiger partial charge in [0.2, 0.25) is 5.91 Å². The van der Waals surface area contributed by atoms with Crippen LogP contribution in [0.4, 0.5) is 28.0 Å². The molecule has 5 rings (SSSR count). The van der Waals surface area contributed by atoms with Gasteiger partial charge in [-0.15, -0.1) is 18.3 Å². The number of anilines is 1. The topological polar surface area (TPSA) is 102 Å². The monoisotopic (exact) mass is 654 g/mol. The SMILES string of the molecule is CC(C)c1cc(F)ccc1N1C(=O)CS/C1=N\C(=O)NC(C)C(C)c1ccc(-c2ncn(-c3ccc(OC(F)(F)F)cc3)n2)cc1. The average molecular weight is 655 g/mol. The summed E-state index contributed by atoms with van der Waals surface area (Å²) < 4.78 is 56.6. The Labute approximate surface area is 266 Å². The number of nitrogens with one attached hydrogen (secondary N) is 1. The van der Waals surface area contributed by atoms with Crippen LogP contribution in [0.2, 0.25) is 0 Å². The summed E-state index contributed by atoms with van der Waals surface area (Å²) >= 11 is 1.15. The van der Waals surface area contributed by atoms with Crippen LogP contribution in [0.25, 0.3) is 17.1 Å². The van der Waals surface area contributed by atoms with Crippen molar-refractivity contribution in [3.05, 3.63) is 90.0 Å². The molecule has 3 aromatic carbocycles. The van der Waals surface area contributed by atoms with Gasteiger partial charge >= 0.3 is 12.4 Å². The number of benzene rings is 3. The Morgan fingerprint density at radius 2 is 1.72 bits per heavy atom. The number of hydrogen-bond donors (Lipinski definition) is 1. The molecule has 2 unspecified atom stereocenters. The summed E-state index contributed by atoms with van der Waals surface area (Å²) in [5.41, 5.74) is 3.31. The molecule has 1 N–H and O–H groups in total. The Morgan fingerprint density at radius 3 is 2.37 bits per heavy atom. The summed E-state index contributed by atoms with van der Waals surface area (Å²) in [5.74, 6) is -0.604. The Morgan fingerprint density at radius 1 is 1.02 bits per heavy atom. The van der Waals surface area contributed by atoms with Crippen LogP contribution in [-0.4, -0.2) is 50.0 Å². The molecule has 1 aliphatic rings. The number of alkyl halides is 3. The van der Waals surface area contributed by atoms with Gasteiger partial charge in [0.15, 0.2) is 11.0 Å². The molecule has 14 heteroatoms. The number of amides is 3. The third-order valence-corrected chi connectivity index (χ3v) is 8.36. The predicted octanol–water partition coefficient (Wildman–Crippen LogP) is 7.43. The van der Waals surface area contributed by atoms with Crippen molar-refractivity contribution >= 4 is 34.6 Å². The van der Waals surface area contributed by atoms with Crippen molar-refractivity contribution in [3.63, 3.8) is 0 Å². The second-order valence-corrected chi connectivity index (χ2v) is 11.9. The number of aromatic nitrogens is 3. The Hall–Kier alpha value is -4.72. The van der Waals surface area contributed by atoms with Crippen molar-refractivity contribution < 1.29 is 31.9 Å². The smallest absolute Gasteiger partial charge is 0.406 e. The molecule has 3 amide bonds. The molecule has 2 atom stereocenters. The highest BCUT2D eigenvalue weighted by Crippen LogP contribution is 2.34. The summed E-state index contributed by atoms with van der Waals surface area (Å²) in [5, 5.41) is 7.55. The fraction of sp³-hybridized carbons (Fsp3) is 0.281.